The third-order valence-electron chi connectivity index (χ3n) is 5.10. The van der Waals surface area contributed by atoms with Gasteiger partial charge in [-0.25, -0.2) is 4.79 Å². The van der Waals surface area contributed by atoms with Gasteiger partial charge in [0.15, 0.2) is 17.5 Å². The number of ether oxygens (including phenoxy) is 2. The molecule has 0 radical (unpaired) electrons. The van der Waals surface area contributed by atoms with Crippen LogP contribution in [0.25, 0.3) is 0 Å². The van der Waals surface area contributed by atoms with Gasteiger partial charge in [0.1, 0.15) is 0 Å². The van der Waals surface area contributed by atoms with Crippen molar-refractivity contribution in [3.63, 3.8) is 0 Å². The number of carbonyl (C=O) groups is 2. The third-order valence-corrected chi connectivity index (χ3v) is 5.10. The minimum Gasteiger partial charge on any atom is -0.493 e. The topological polar surface area (TPSA) is 104 Å². The number of carbonyl (C=O) groups excluding carboxylic acids is 2. The van der Waals surface area contributed by atoms with Gasteiger partial charge in [0.25, 0.3) is 0 Å². The molecule has 1 aliphatic heterocycles. The van der Waals surface area contributed by atoms with Crippen LogP contribution in [0.4, 0.5) is 4.79 Å². The van der Waals surface area contributed by atoms with Crippen LogP contribution in [-0.2, 0) is 11.3 Å². The molecular weight excluding hydrogens is 374 g/mol. The second kappa shape index (κ2) is 9.99. The summed E-state index contributed by atoms with van der Waals surface area (Å²) in [5.74, 6) is 1.85. The highest BCUT2D eigenvalue weighted by atomic mass is 16.5. The first-order chi connectivity index (χ1) is 14.1. The van der Waals surface area contributed by atoms with E-state index in [9.17, 15) is 9.59 Å². The summed E-state index contributed by atoms with van der Waals surface area (Å²) >= 11 is 0. The number of benzene rings is 1. The number of para-hydroxylation sites is 1. The Morgan fingerprint density at radius 3 is 2.72 bits per heavy atom. The monoisotopic (exact) mass is 403 g/mol. The molecule has 0 spiro atoms. The average molecular weight is 403 g/mol. The molecule has 3 N–H and O–H groups in total. The van der Waals surface area contributed by atoms with E-state index >= 15 is 0 Å². The van der Waals surface area contributed by atoms with Gasteiger partial charge in [0, 0.05) is 32.2 Å². The molecule has 3 rings (SSSR count). The maximum absolute atomic E-state index is 11.6. The number of nitrogens with one attached hydrogen (secondary N) is 3. The molecule has 158 valence electrons. The summed E-state index contributed by atoms with van der Waals surface area (Å²) in [6.45, 7) is 1.25. The van der Waals surface area contributed by atoms with Crippen LogP contribution in [0.15, 0.2) is 23.2 Å². The van der Waals surface area contributed by atoms with Crippen LogP contribution >= 0.6 is 0 Å². The standard InChI is InChI=1S/C20H29N5O4/c1-21-19(22-10-11-25-17(26)13-24-20(25)27)23-12-14-6-5-9-16(28-2)18(14)29-15-7-3-4-8-15/h5-6,9,15H,3-4,7-8,10-13H2,1-2H3,(H,24,27)(H2,21,22,23). The lowest BCUT2D eigenvalue weighted by atomic mass is 10.1. The van der Waals surface area contributed by atoms with Gasteiger partial charge in [-0.3, -0.25) is 14.7 Å². The number of guanidine groups is 1. The molecule has 9 heteroatoms. The van der Waals surface area contributed by atoms with E-state index in [1.165, 1.54) is 17.7 Å². The summed E-state index contributed by atoms with van der Waals surface area (Å²) in [6, 6.07) is 5.48. The van der Waals surface area contributed by atoms with Crippen molar-refractivity contribution in [2.45, 2.75) is 38.3 Å². The molecule has 3 amide bonds. The molecule has 2 fully saturated rings. The van der Waals surface area contributed by atoms with Crippen molar-refractivity contribution >= 4 is 17.9 Å². The fourth-order valence-electron chi connectivity index (χ4n) is 3.54. The zero-order valence-electron chi connectivity index (χ0n) is 17.0. The predicted molar refractivity (Wildman–Crippen MR) is 109 cm³/mol. The van der Waals surface area contributed by atoms with E-state index in [1.807, 2.05) is 18.2 Å². The van der Waals surface area contributed by atoms with E-state index in [4.69, 9.17) is 9.47 Å². The number of urea groups is 1. The Morgan fingerprint density at radius 2 is 2.07 bits per heavy atom. The largest absolute Gasteiger partial charge is 0.493 e. The summed E-state index contributed by atoms with van der Waals surface area (Å²) < 4.78 is 11.8. The third kappa shape index (κ3) is 5.30. The number of nitrogens with zero attached hydrogens (tertiary/aromatic N) is 2. The number of amides is 3. The van der Waals surface area contributed by atoms with Crippen molar-refractivity contribution in [3.8, 4) is 11.5 Å². The van der Waals surface area contributed by atoms with E-state index in [0.717, 1.165) is 29.9 Å². The molecule has 0 aromatic heterocycles. The van der Waals surface area contributed by atoms with Crippen LogP contribution in [0.3, 0.4) is 0 Å². The number of aliphatic imine (C=N–C) groups is 1. The maximum atomic E-state index is 11.6. The van der Waals surface area contributed by atoms with E-state index in [1.54, 1.807) is 14.2 Å². The fraction of sp³-hybridized carbons (Fsp3) is 0.550. The Balaban J connectivity index is 1.56. The smallest absolute Gasteiger partial charge is 0.324 e. The highest BCUT2D eigenvalue weighted by Crippen LogP contribution is 2.34. The molecular formula is C20H29N5O4. The van der Waals surface area contributed by atoms with Gasteiger partial charge in [0.05, 0.1) is 19.8 Å². The number of hydrogen-bond acceptors (Lipinski definition) is 5. The Morgan fingerprint density at radius 1 is 1.28 bits per heavy atom. The van der Waals surface area contributed by atoms with Crippen molar-refractivity contribution in [2.24, 2.45) is 4.99 Å². The van der Waals surface area contributed by atoms with E-state index < -0.39 is 0 Å². The molecule has 1 saturated carbocycles. The Hall–Kier alpha value is -2.97. The van der Waals surface area contributed by atoms with Gasteiger partial charge in [-0.1, -0.05) is 12.1 Å². The van der Waals surface area contributed by atoms with Crippen molar-refractivity contribution in [3.05, 3.63) is 23.8 Å². The van der Waals surface area contributed by atoms with E-state index in [0.29, 0.717) is 19.0 Å². The SMILES string of the molecule is CN=C(NCCN1C(=O)CNC1=O)NCc1cccc(OC)c1OC1CCCC1. The molecule has 1 aliphatic carbocycles. The van der Waals surface area contributed by atoms with Gasteiger partial charge in [-0.2, -0.15) is 0 Å². The lowest BCUT2D eigenvalue weighted by Gasteiger charge is -2.20. The molecule has 0 atom stereocenters. The van der Waals surface area contributed by atoms with Crippen molar-refractivity contribution in [1.82, 2.24) is 20.9 Å². The quantitative estimate of drug-likeness (QED) is 0.343. The number of hydrogen-bond donors (Lipinski definition) is 3. The molecule has 29 heavy (non-hydrogen) atoms. The number of imide groups is 1. The molecule has 1 saturated heterocycles. The first-order valence-electron chi connectivity index (χ1n) is 9.97. The van der Waals surface area contributed by atoms with Crippen LogP contribution in [0.1, 0.15) is 31.2 Å². The van der Waals surface area contributed by atoms with Crippen LogP contribution in [-0.4, -0.2) is 62.7 Å². The first kappa shape index (κ1) is 20.8. The molecule has 1 aromatic rings. The van der Waals surface area contributed by atoms with Crippen molar-refractivity contribution < 1.29 is 19.1 Å². The summed E-state index contributed by atoms with van der Waals surface area (Å²) in [5, 5.41) is 8.87. The van der Waals surface area contributed by atoms with Gasteiger partial charge < -0.3 is 25.4 Å². The molecule has 2 aliphatic rings. The van der Waals surface area contributed by atoms with E-state index in [-0.39, 0.29) is 31.1 Å². The Kier molecular flexibility index (Phi) is 7.15. The summed E-state index contributed by atoms with van der Waals surface area (Å²) in [5.41, 5.74) is 0.980. The fourth-order valence-corrected chi connectivity index (χ4v) is 3.54. The molecule has 0 bridgehead atoms. The summed E-state index contributed by atoms with van der Waals surface area (Å²) in [7, 11) is 3.31. The zero-order valence-corrected chi connectivity index (χ0v) is 17.0. The normalized spacial score (nSPS) is 17.4. The van der Waals surface area contributed by atoms with Gasteiger partial charge >= 0.3 is 6.03 Å². The molecule has 1 heterocycles. The zero-order chi connectivity index (χ0) is 20.6. The van der Waals surface area contributed by atoms with E-state index in [2.05, 4.69) is 20.9 Å². The minimum atomic E-state index is -0.357. The summed E-state index contributed by atoms with van der Waals surface area (Å²) in [4.78, 5) is 28.6. The molecule has 0 unspecified atom stereocenters. The van der Waals surface area contributed by atoms with Crippen molar-refractivity contribution in [2.75, 3.05) is 33.8 Å². The lowest BCUT2D eigenvalue weighted by molar-refractivity contribution is -0.124. The average Bonchev–Trinajstić information content (AvgIpc) is 3.36. The maximum Gasteiger partial charge on any atom is 0.324 e. The second-order valence-electron chi connectivity index (χ2n) is 7.03. The highest BCUT2D eigenvalue weighted by molar-refractivity contribution is 6.01. The highest BCUT2D eigenvalue weighted by Gasteiger charge is 2.27. The van der Waals surface area contributed by atoms with Gasteiger partial charge in [-0.15, -0.1) is 0 Å². The second-order valence-corrected chi connectivity index (χ2v) is 7.03. The predicted octanol–water partition coefficient (Wildman–Crippen LogP) is 1.23. The van der Waals surface area contributed by atoms with Crippen LogP contribution in [0.2, 0.25) is 0 Å². The van der Waals surface area contributed by atoms with Crippen molar-refractivity contribution in [1.29, 1.82) is 0 Å². The summed E-state index contributed by atoms with van der Waals surface area (Å²) in [6.07, 6.45) is 4.75. The molecule has 9 nitrogen and oxygen atoms in total. The minimum absolute atomic E-state index is 0.0609. The van der Waals surface area contributed by atoms with Crippen LogP contribution in [0.5, 0.6) is 11.5 Å². The Labute approximate surface area is 170 Å². The van der Waals surface area contributed by atoms with Gasteiger partial charge in [0.2, 0.25) is 5.91 Å². The Bertz CT molecular complexity index is 745. The number of methoxy groups -OCH3 is 1. The number of rotatable bonds is 8. The van der Waals surface area contributed by atoms with Gasteiger partial charge in [-0.05, 0) is 31.7 Å². The van der Waals surface area contributed by atoms with Crippen LogP contribution in [0, 0.1) is 0 Å². The first-order valence-corrected chi connectivity index (χ1v) is 9.97. The molecule has 1 aromatic carbocycles. The van der Waals surface area contributed by atoms with Crippen LogP contribution < -0.4 is 25.4 Å². The lowest BCUT2D eigenvalue weighted by Crippen LogP contribution is -2.43.